The Labute approximate surface area is 119 Å². The predicted molar refractivity (Wildman–Crippen MR) is 79.7 cm³/mol. The van der Waals surface area contributed by atoms with Crippen LogP contribution >= 0.6 is 0 Å². The van der Waals surface area contributed by atoms with Crippen molar-refractivity contribution in [1.82, 2.24) is 4.98 Å². The molecule has 106 valence electrons. The van der Waals surface area contributed by atoms with Crippen LogP contribution in [0, 0.1) is 5.92 Å². The van der Waals surface area contributed by atoms with E-state index in [1.807, 2.05) is 24.3 Å². The maximum atomic E-state index is 9.38. The number of fused-ring (bicyclic) bond motifs is 1. The van der Waals surface area contributed by atoms with Crippen molar-refractivity contribution >= 4 is 10.8 Å². The van der Waals surface area contributed by atoms with Gasteiger partial charge < -0.3 is 9.84 Å². The number of hydrogen-bond donors (Lipinski definition) is 1. The van der Waals surface area contributed by atoms with Gasteiger partial charge >= 0.3 is 0 Å². The molecule has 3 rings (SSSR count). The highest BCUT2D eigenvalue weighted by Gasteiger charge is 2.15. The minimum Gasteiger partial charge on any atom is -0.477 e. The van der Waals surface area contributed by atoms with E-state index in [1.165, 1.54) is 32.1 Å². The first kappa shape index (κ1) is 13.4. The molecule has 1 fully saturated rings. The second-order valence-corrected chi connectivity index (χ2v) is 5.61. The van der Waals surface area contributed by atoms with Crippen LogP contribution < -0.4 is 4.74 Å². The standard InChI is InChI=1S/C17H21NO2/c19-11-14-10-18-17(16-9-5-4-8-15(14)16)20-12-13-6-2-1-3-7-13/h4-5,8-10,13,19H,1-3,6-7,11-12H2. The molecule has 1 heterocycles. The maximum Gasteiger partial charge on any atom is 0.221 e. The zero-order valence-electron chi connectivity index (χ0n) is 11.7. The Hall–Kier alpha value is -1.61. The molecule has 2 aromatic rings. The molecule has 0 atom stereocenters. The van der Waals surface area contributed by atoms with Gasteiger partial charge in [-0.3, -0.25) is 0 Å². The van der Waals surface area contributed by atoms with E-state index >= 15 is 0 Å². The van der Waals surface area contributed by atoms with Crippen LogP contribution in [0.2, 0.25) is 0 Å². The molecule has 3 heteroatoms. The highest BCUT2D eigenvalue weighted by Crippen LogP contribution is 2.28. The quantitative estimate of drug-likeness (QED) is 0.922. The summed E-state index contributed by atoms with van der Waals surface area (Å²) < 4.78 is 5.97. The van der Waals surface area contributed by atoms with E-state index in [9.17, 15) is 5.11 Å². The van der Waals surface area contributed by atoms with Crippen LogP contribution in [0.25, 0.3) is 10.8 Å². The lowest BCUT2D eigenvalue weighted by atomic mass is 9.90. The molecule has 1 aliphatic carbocycles. The van der Waals surface area contributed by atoms with Crippen LogP contribution in [0.1, 0.15) is 37.7 Å². The molecule has 1 saturated carbocycles. The van der Waals surface area contributed by atoms with E-state index in [1.54, 1.807) is 6.20 Å². The van der Waals surface area contributed by atoms with Crippen molar-refractivity contribution in [3.05, 3.63) is 36.0 Å². The lowest BCUT2D eigenvalue weighted by Crippen LogP contribution is -2.15. The van der Waals surface area contributed by atoms with Crippen LogP contribution in [0.4, 0.5) is 0 Å². The highest BCUT2D eigenvalue weighted by atomic mass is 16.5. The summed E-state index contributed by atoms with van der Waals surface area (Å²) >= 11 is 0. The van der Waals surface area contributed by atoms with Crippen molar-refractivity contribution in [2.75, 3.05) is 6.61 Å². The number of pyridine rings is 1. The van der Waals surface area contributed by atoms with E-state index in [0.29, 0.717) is 11.8 Å². The summed E-state index contributed by atoms with van der Waals surface area (Å²) in [5.74, 6) is 1.37. The van der Waals surface area contributed by atoms with Gasteiger partial charge in [0.05, 0.1) is 13.2 Å². The smallest absolute Gasteiger partial charge is 0.221 e. The number of aromatic nitrogens is 1. The van der Waals surface area contributed by atoms with E-state index in [2.05, 4.69) is 4.98 Å². The first-order chi connectivity index (χ1) is 9.88. The summed E-state index contributed by atoms with van der Waals surface area (Å²) in [7, 11) is 0. The van der Waals surface area contributed by atoms with Gasteiger partial charge in [0.25, 0.3) is 0 Å². The number of hydrogen-bond acceptors (Lipinski definition) is 3. The molecule has 1 N–H and O–H groups in total. The third-order valence-electron chi connectivity index (χ3n) is 4.19. The molecule has 1 aromatic carbocycles. The van der Waals surface area contributed by atoms with Crippen molar-refractivity contribution in [1.29, 1.82) is 0 Å². The fraction of sp³-hybridized carbons (Fsp3) is 0.471. The largest absolute Gasteiger partial charge is 0.477 e. The van der Waals surface area contributed by atoms with Gasteiger partial charge in [-0.2, -0.15) is 0 Å². The number of aliphatic hydroxyl groups is 1. The molecule has 1 aromatic heterocycles. The van der Waals surface area contributed by atoms with Crippen molar-refractivity contribution in [3.8, 4) is 5.88 Å². The fourth-order valence-electron chi connectivity index (χ4n) is 3.02. The lowest BCUT2D eigenvalue weighted by Gasteiger charge is -2.21. The molecular weight excluding hydrogens is 250 g/mol. The summed E-state index contributed by atoms with van der Waals surface area (Å²) in [5.41, 5.74) is 0.852. The molecule has 0 spiro atoms. The third kappa shape index (κ3) is 2.78. The molecule has 0 aliphatic heterocycles. The number of rotatable bonds is 4. The van der Waals surface area contributed by atoms with Gasteiger partial charge in [-0.25, -0.2) is 4.98 Å². The summed E-state index contributed by atoms with van der Waals surface area (Å²) in [4.78, 5) is 4.38. The number of aliphatic hydroxyl groups excluding tert-OH is 1. The van der Waals surface area contributed by atoms with Crippen LogP contribution in [0.3, 0.4) is 0 Å². The average Bonchev–Trinajstić information content (AvgIpc) is 2.53. The molecular formula is C17H21NO2. The second-order valence-electron chi connectivity index (χ2n) is 5.61. The van der Waals surface area contributed by atoms with E-state index in [4.69, 9.17) is 4.74 Å². The zero-order valence-corrected chi connectivity index (χ0v) is 11.7. The zero-order chi connectivity index (χ0) is 13.8. The van der Waals surface area contributed by atoms with E-state index in [0.717, 1.165) is 22.9 Å². The van der Waals surface area contributed by atoms with Gasteiger partial charge in [0, 0.05) is 17.1 Å². The molecule has 0 radical (unpaired) electrons. The van der Waals surface area contributed by atoms with Gasteiger partial charge in [-0.1, -0.05) is 37.5 Å². The SMILES string of the molecule is OCc1cnc(OCC2CCCCC2)c2ccccc12. The summed E-state index contributed by atoms with van der Waals surface area (Å²) in [6.45, 7) is 0.770. The normalized spacial score (nSPS) is 16.4. The lowest BCUT2D eigenvalue weighted by molar-refractivity contribution is 0.205. The van der Waals surface area contributed by atoms with Crippen molar-refractivity contribution in [2.24, 2.45) is 5.92 Å². The Morgan fingerprint density at radius 2 is 1.85 bits per heavy atom. The van der Waals surface area contributed by atoms with Gasteiger partial charge in [-0.15, -0.1) is 0 Å². The third-order valence-corrected chi connectivity index (χ3v) is 4.19. The summed E-state index contributed by atoms with van der Waals surface area (Å²) in [6, 6.07) is 7.98. The minimum absolute atomic E-state index is 0.0103. The van der Waals surface area contributed by atoms with Gasteiger partial charge in [0.15, 0.2) is 0 Å². The second kappa shape index (κ2) is 6.23. The van der Waals surface area contributed by atoms with Gasteiger partial charge in [-0.05, 0) is 30.2 Å². The number of nitrogens with zero attached hydrogens (tertiary/aromatic N) is 1. The topological polar surface area (TPSA) is 42.4 Å². The molecule has 1 aliphatic rings. The Balaban J connectivity index is 1.80. The molecule has 3 nitrogen and oxygen atoms in total. The minimum atomic E-state index is 0.0103. The van der Waals surface area contributed by atoms with E-state index < -0.39 is 0 Å². The monoisotopic (exact) mass is 271 g/mol. The van der Waals surface area contributed by atoms with Crippen LogP contribution in [-0.4, -0.2) is 16.7 Å². The molecule has 0 unspecified atom stereocenters. The highest BCUT2D eigenvalue weighted by molar-refractivity contribution is 5.89. The Kier molecular flexibility index (Phi) is 4.16. The van der Waals surface area contributed by atoms with Gasteiger partial charge in [0.2, 0.25) is 5.88 Å². The van der Waals surface area contributed by atoms with Crippen LogP contribution in [-0.2, 0) is 6.61 Å². The number of ether oxygens (including phenoxy) is 1. The van der Waals surface area contributed by atoms with Crippen molar-refractivity contribution in [2.45, 2.75) is 38.7 Å². The number of benzene rings is 1. The Bertz CT molecular complexity index is 576. The van der Waals surface area contributed by atoms with Crippen molar-refractivity contribution in [3.63, 3.8) is 0 Å². The average molecular weight is 271 g/mol. The molecule has 0 bridgehead atoms. The van der Waals surface area contributed by atoms with Crippen LogP contribution in [0.5, 0.6) is 5.88 Å². The van der Waals surface area contributed by atoms with E-state index in [-0.39, 0.29) is 6.61 Å². The summed E-state index contributed by atoms with van der Waals surface area (Å²) in [6.07, 6.45) is 8.28. The molecule has 20 heavy (non-hydrogen) atoms. The molecule has 0 saturated heterocycles. The van der Waals surface area contributed by atoms with Gasteiger partial charge in [0.1, 0.15) is 0 Å². The molecule has 0 amide bonds. The summed E-state index contributed by atoms with van der Waals surface area (Å²) in [5, 5.41) is 11.4. The first-order valence-corrected chi connectivity index (χ1v) is 7.49. The maximum absolute atomic E-state index is 9.38. The van der Waals surface area contributed by atoms with Crippen molar-refractivity contribution < 1.29 is 9.84 Å². The van der Waals surface area contributed by atoms with Crippen LogP contribution in [0.15, 0.2) is 30.5 Å². The fourth-order valence-corrected chi connectivity index (χ4v) is 3.02. The Morgan fingerprint density at radius 3 is 2.60 bits per heavy atom. The predicted octanol–water partition coefficient (Wildman–Crippen LogP) is 3.69. The first-order valence-electron chi connectivity index (χ1n) is 7.49. The Morgan fingerprint density at radius 1 is 1.10 bits per heavy atom.